The van der Waals surface area contributed by atoms with Crippen molar-refractivity contribution in [1.29, 1.82) is 0 Å². The molecule has 0 aliphatic heterocycles. The van der Waals surface area contributed by atoms with Crippen LogP contribution in [0.1, 0.15) is 12.5 Å². The van der Waals surface area contributed by atoms with Gasteiger partial charge in [-0.15, -0.1) is 0 Å². The average molecular weight is 263 g/mol. The molecule has 1 aromatic carbocycles. The van der Waals surface area contributed by atoms with E-state index in [0.717, 1.165) is 6.54 Å². The van der Waals surface area contributed by atoms with Crippen molar-refractivity contribution in [2.75, 3.05) is 7.11 Å². The summed E-state index contributed by atoms with van der Waals surface area (Å²) in [7, 11) is 1.47. The van der Waals surface area contributed by atoms with E-state index in [4.69, 9.17) is 4.74 Å². The number of rotatable bonds is 6. The maximum Gasteiger partial charge on any atom is 0.169 e. The van der Waals surface area contributed by atoms with Gasteiger partial charge >= 0.3 is 0 Å². The van der Waals surface area contributed by atoms with Crippen molar-refractivity contribution in [3.05, 3.63) is 48.3 Å². The first kappa shape index (κ1) is 13.5. The van der Waals surface area contributed by atoms with E-state index in [2.05, 4.69) is 17.2 Å². The van der Waals surface area contributed by atoms with Crippen molar-refractivity contribution in [2.24, 2.45) is 0 Å². The molecule has 2 rings (SSSR count). The van der Waals surface area contributed by atoms with Gasteiger partial charge in [0.15, 0.2) is 11.6 Å². The quantitative estimate of drug-likeness (QED) is 0.868. The number of ether oxygens (including phenoxy) is 1. The second-order valence-corrected chi connectivity index (χ2v) is 4.47. The fourth-order valence-corrected chi connectivity index (χ4v) is 1.91. The first-order chi connectivity index (χ1) is 9.20. The smallest absolute Gasteiger partial charge is 0.169 e. The van der Waals surface area contributed by atoms with E-state index in [0.29, 0.717) is 12.1 Å². The molecule has 0 saturated carbocycles. The van der Waals surface area contributed by atoms with Crippen LogP contribution in [0.3, 0.4) is 0 Å². The van der Waals surface area contributed by atoms with E-state index in [1.165, 1.54) is 7.11 Å². The monoisotopic (exact) mass is 263 g/mol. The van der Waals surface area contributed by atoms with E-state index in [9.17, 15) is 4.39 Å². The van der Waals surface area contributed by atoms with Crippen molar-refractivity contribution in [3.8, 4) is 5.75 Å². The molecule has 0 spiro atoms. The van der Waals surface area contributed by atoms with Crippen LogP contribution in [-0.2, 0) is 13.1 Å². The first-order valence-electron chi connectivity index (χ1n) is 6.21. The number of imidazole rings is 1. The van der Waals surface area contributed by atoms with E-state index in [1.54, 1.807) is 30.7 Å². The summed E-state index contributed by atoms with van der Waals surface area (Å²) in [6.45, 7) is 3.32. The Morgan fingerprint density at radius 3 is 3.00 bits per heavy atom. The number of nitrogens with zero attached hydrogens (tertiary/aromatic N) is 2. The van der Waals surface area contributed by atoms with Crippen LogP contribution in [0.15, 0.2) is 36.9 Å². The van der Waals surface area contributed by atoms with Gasteiger partial charge in [0.25, 0.3) is 0 Å². The summed E-state index contributed by atoms with van der Waals surface area (Å²) in [5, 5.41) is 3.29. The van der Waals surface area contributed by atoms with Crippen LogP contribution in [0.25, 0.3) is 0 Å². The highest BCUT2D eigenvalue weighted by atomic mass is 19.1. The van der Waals surface area contributed by atoms with Gasteiger partial charge in [0, 0.05) is 37.1 Å². The number of methoxy groups -OCH3 is 1. The molecule has 4 nitrogen and oxygen atoms in total. The van der Waals surface area contributed by atoms with Crippen LogP contribution in [0.5, 0.6) is 5.75 Å². The number of aromatic nitrogens is 2. The molecule has 0 amide bonds. The van der Waals surface area contributed by atoms with Crippen molar-refractivity contribution >= 4 is 0 Å². The minimum Gasteiger partial charge on any atom is -0.494 e. The lowest BCUT2D eigenvalue weighted by molar-refractivity contribution is 0.381. The van der Waals surface area contributed by atoms with Gasteiger partial charge in [0.1, 0.15) is 0 Å². The molecule has 1 unspecified atom stereocenters. The van der Waals surface area contributed by atoms with Crippen LogP contribution in [0.2, 0.25) is 0 Å². The molecule has 1 N–H and O–H groups in total. The number of nitrogens with one attached hydrogen (secondary N) is 1. The van der Waals surface area contributed by atoms with Crippen LogP contribution in [0, 0.1) is 5.82 Å². The van der Waals surface area contributed by atoms with Gasteiger partial charge in [-0.3, -0.25) is 0 Å². The number of halogens is 1. The van der Waals surface area contributed by atoms with Crippen molar-refractivity contribution in [2.45, 2.75) is 26.1 Å². The highest BCUT2D eigenvalue weighted by Gasteiger charge is 2.09. The Hall–Kier alpha value is -1.88. The number of hydrogen-bond donors (Lipinski definition) is 1. The Labute approximate surface area is 112 Å². The van der Waals surface area contributed by atoms with Gasteiger partial charge in [-0.1, -0.05) is 12.1 Å². The summed E-state index contributed by atoms with van der Waals surface area (Å²) in [5.74, 6) is -0.0195. The highest BCUT2D eigenvalue weighted by molar-refractivity contribution is 5.30. The largest absolute Gasteiger partial charge is 0.494 e. The summed E-state index contributed by atoms with van der Waals surface area (Å²) in [5.41, 5.74) is 0.608. The van der Waals surface area contributed by atoms with E-state index < -0.39 is 0 Å². The average Bonchev–Trinajstić information content (AvgIpc) is 2.90. The molecule has 1 heterocycles. The number of benzene rings is 1. The normalized spacial score (nSPS) is 12.4. The summed E-state index contributed by atoms with van der Waals surface area (Å²) < 4.78 is 20.9. The maximum absolute atomic E-state index is 13.9. The van der Waals surface area contributed by atoms with Gasteiger partial charge in [-0.25, -0.2) is 9.37 Å². The molecular weight excluding hydrogens is 245 g/mol. The molecule has 19 heavy (non-hydrogen) atoms. The Morgan fingerprint density at radius 2 is 2.32 bits per heavy atom. The first-order valence-corrected chi connectivity index (χ1v) is 6.21. The maximum atomic E-state index is 13.9. The van der Waals surface area contributed by atoms with Gasteiger partial charge in [-0.05, 0) is 13.0 Å². The summed E-state index contributed by atoms with van der Waals surface area (Å²) in [6.07, 6.45) is 5.42. The van der Waals surface area contributed by atoms with Crippen molar-refractivity contribution < 1.29 is 9.13 Å². The zero-order valence-electron chi connectivity index (χ0n) is 11.1. The second kappa shape index (κ2) is 6.33. The molecule has 102 valence electrons. The minimum atomic E-state index is -0.299. The molecule has 0 fully saturated rings. The molecular formula is C14H18FN3O. The standard InChI is InChI=1S/C14H18FN3O/c1-11(9-18-7-6-16-10-18)17-8-12-4-3-5-13(19-2)14(12)15/h3-7,10-11,17H,8-9H2,1-2H3. The molecule has 0 aliphatic carbocycles. The van der Waals surface area contributed by atoms with Crippen LogP contribution in [-0.4, -0.2) is 22.7 Å². The van der Waals surface area contributed by atoms with Crippen LogP contribution >= 0.6 is 0 Å². The summed E-state index contributed by atoms with van der Waals surface area (Å²) in [6, 6.07) is 5.39. The molecule has 0 saturated heterocycles. The zero-order chi connectivity index (χ0) is 13.7. The molecule has 5 heteroatoms. The fourth-order valence-electron chi connectivity index (χ4n) is 1.91. The predicted octanol–water partition coefficient (Wildman–Crippen LogP) is 2.21. The van der Waals surface area contributed by atoms with Crippen molar-refractivity contribution in [1.82, 2.24) is 14.9 Å². The third kappa shape index (κ3) is 3.54. The summed E-state index contributed by atoms with van der Waals surface area (Å²) >= 11 is 0. The third-order valence-electron chi connectivity index (χ3n) is 2.95. The van der Waals surface area contributed by atoms with E-state index in [1.807, 2.05) is 10.8 Å². The molecule has 0 aliphatic rings. The van der Waals surface area contributed by atoms with Gasteiger partial charge in [-0.2, -0.15) is 0 Å². The predicted molar refractivity (Wildman–Crippen MR) is 71.5 cm³/mol. The zero-order valence-corrected chi connectivity index (χ0v) is 11.1. The third-order valence-corrected chi connectivity index (χ3v) is 2.95. The summed E-state index contributed by atoms with van der Waals surface area (Å²) in [4.78, 5) is 3.99. The minimum absolute atomic E-state index is 0.222. The lowest BCUT2D eigenvalue weighted by Gasteiger charge is -2.15. The molecule has 1 aromatic heterocycles. The van der Waals surface area contributed by atoms with Crippen LogP contribution in [0.4, 0.5) is 4.39 Å². The Kier molecular flexibility index (Phi) is 4.52. The lowest BCUT2D eigenvalue weighted by Crippen LogP contribution is -2.29. The Balaban J connectivity index is 1.91. The van der Waals surface area contributed by atoms with Crippen molar-refractivity contribution in [3.63, 3.8) is 0 Å². The molecule has 0 radical (unpaired) electrons. The Morgan fingerprint density at radius 1 is 1.47 bits per heavy atom. The number of hydrogen-bond acceptors (Lipinski definition) is 3. The van der Waals surface area contributed by atoms with Gasteiger partial charge in [0.05, 0.1) is 13.4 Å². The highest BCUT2D eigenvalue weighted by Crippen LogP contribution is 2.19. The Bertz CT molecular complexity index is 513. The van der Waals surface area contributed by atoms with Gasteiger partial charge in [0.2, 0.25) is 0 Å². The fraction of sp³-hybridized carbons (Fsp3) is 0.357. The van der Waals surface area contributed by atoms with E-state index >= 15 is 0 Å². The SMILES string of the molecule is COc1cccc(CNC(C)Cn2ccnc2)c1F. The van der Waals surface area contributed by atoms with Gasteiger partial charge < -0.3 is 14.6 Å². The molecule has 2 aromatic rings. The van der Waals surface area contributed by atoms with E-state index in [-0.39, 0.29) is 17.6 Å². The van der Waals surface area contributed by atoms with Crippen LogP contribution < -0.4 is 10.1 Å². The second-order valence-electron chi connectivity index (χ2n) is 4.47. The lowest BCUT2D eigenvalue weighted by atomic mass is 10.2. The molecule has 1 atom stereocenters. The molecule has 0 bridgehead atoms. The topological polar surface area (TPSA) is 39.1 Å².